The molecule has 1 N–H and O–H groups in total. The van der Waals surface area contributed by atoms with Crippen LogP contribution in [-0.4, -0.2) is 27.3 Å². The summed E-state index contributed by atoms with van der Waals surface area (Å²) >= 11 is 0. The van der Waals surface area contributed by atoms with Crippen LogP contribution in [0.5, 0.6) is 5.75 Å². The zero-order valence-electron chi connectivity index (χ0n) is 15.9. The quantitative estimate of drug-likeness (QED) is 0.726. The molecule has 3 aromatic rings. The van der Waals surface area contributed by atoms with Crippen LogP contribution >= 0.6 is 0 Å². The Labute approximate surface area is 166 Å². The lowest BCUT2D eigenvalue weighted by molar-refractivity contribution is 0.205. The van der Waals surface area contributed by atoms with Gasteiger partial charge in [0.15, 0.2) is 0 Å². The number of benzene rings is 2. The van der Waals surface area contributed by atoms with Gasteiger partial charge in [0, 0.05) is 37.3 Å². The molecule has 29 heavy (non-hydrogen) atoms. The van der Waals surface area contributed by atoms with E-state index in [4.69, 9.17) is 4.74 Å². The lowest BCUT2D eigenvalue weighted by Gasteiger charge is -2.28. The highest BCUT2D eigenvalue weighted by atomic mass is 19.1. The van der Waals surface area contributed by atoms with Gasteiger partial charge >= 0.3 is 6.03 Å². The van der Waals surface area contributed by atoms with E-state index in [2.05, 4.69) is 10.4 Å². The van der Waals surface area contributed by atoms with Gasteiger partial charge in [0.1, 0.15) is 29.7 Å². The zero-order valence-corrected chi connectivity index (χ0v) is 15.9. The fourth-order valence-corrected chi connectivity index (χ4v) is 3.41. The smallest absolute Gasteiger partial charge is 0.322 e. The first-order valence-corrected chi connectivity index (χ1v) is 9.23. The van der Waals surface area contributed by atoms with Crippen molar-refractivity contribution in [3.8, 4) is 5.75 Å². The molecule has 2 heterocycles. The Balaban J connectivity index is 1.47. The number of para-hydroxylation sites is 1. The fraction of sp³-hybridized carbons (Fsp3) is 0.238. The maximum absolute atomic E-state index is 13.8. The zero-order chi connectivity index (χ0) is 20.4. The van der Waals surface area contributed by atoms with Crippen molar-refractivity contribution in [1.29, 1.82) is 0 Å². The molecule has 0 fully saturated rings. The van der Waals surface area contributed by atoms with Crippen LogP contribution in [0.3, 0.4) is 0 Å². The number of urea groups is 1. The highest BCUT2D eigenvalue weighted by Crippen LogP contribution is 2.24. The molecule has 150 valence electrons. The largest absolute Gasteiger partial charge is 0.487 e. The van der Waals surface area contributed by atoms with Crippen LogP contribution in [0.25, 0.3) is 0 Å². The summed E-state index contributed by atoms with van der Waals surface area (Å²) in [6.45, 7) is 1.10. The van der Waals surface area contributed by atoms with Crippen molar-refractivity contribution in [2.24, 2.45) is 7.05 Å². The number of rotatable bonds is 4. The highest BCUT2D eigenvalue weighted by Gasteiger charge is 2.27. The van der Waals surface area contributed by atoms with Crippen molar-refractivity contribution in [2.45, 2.75) is 19.6 Å². The molecule has 1 aromatic heterocycles. The second kappa shape index (κ2) is 7.90. The first kappa shape index (κ1) is 18.9. The number of anilines is 1. The van der Waals surface area contributed by atoms with E-state index in [1.165, 1.54) is 6.07 Å². The Kier molecular flexibility index (Phi) is 5.16. The number of nitrogens with one attached hydrogen (secondary N) is 1. The summed E-state index contributed by atoms with van der Waals surface area (Å²) in [7, 11) is 1.87. The van der Waals surface area contributed by atoms with Crippen LogP contribution in [0.1, 0.15) is 17.0 Å². The first-order chi connectivity index (χ1) is 14.0. The fourth-order valence-electron chi connectivity index (χ4n) is 3.41. The number of nitrogens with zero attached hydrogens (tertiary/aromatic N) is 3. The molecular weight excluding hydrogens is 378 g/mol. The van der Waals surface area contributed by atoms with Gasteiger partial charge in [0.05, 0.1) is 12.2 Å². The van der Waals surface area contributed by atoms with E-state index < -0.39 is 17.7 Å². The number of hydrogen-bond donors (Lipinski definition) is 1. The van der Waals surface area contributed by atoms with Gasteiger partial charge in [0.25, 0.3) is 0 Å². The van der Waals surface area contributed by atoms with Crippen LogP contribution in [-0.2, 0) is 26.6 Å². The molecule has 0 radical (unpaired) electrons. The van der Waals surface area contributed by atoms with E-state index in [0.717, 1.165) is 34.8 Å². The molecule has 1 aliphatic heterocycles. The van der Waals surface area contributed by atoms with Gasteiger partial charge in [-0.3, -0.25) is 4.68 Å². The van der Waals surface area contributed by atoms with Crippen molar-refractivity contribution in [2.75, 3.05) is 11.9 Å². The molecule has 0 saturated heterocycles. The Morgan fingerprint density at radius 3 is 2.76 bits per heavy atom. The minimum Gasteiger partial charge on any atom is -0.487 e. The molecule has 0 aliphatic carbocycles. The van der Waals surface area contributed by atoms with Crippen molar-refractivity contribution in [3.63, 3.8) is 0 Å². The lowest BCUT2D eigenvalue weighted by Crippen LogP contribution is -2.39. The summed E-state index contributed by atoms with van der Waals surface area (Å²) in [6, 6.07) is 12.0. The number of halogens is 2. The Bertz CT molecular complexity index is 1040. The van der Waals surface area contributed by atoms with Crippen molar-refractivity contribution < 1.29 is 18.3 Å². The number of ether oxygens (including phenoxy) is 1. The molecule has 2 amide bonds. The third-order valence-corrected chi connectivity index (χ3v) is 4.90. The van der Waals surface area contributed by atoms with Gasteiger partial charge in [-0.25, -0.2) is 13.6 Å². The topological polar surface area (TPSA) is 59.4 Å². The van der Waals surface area contributed by atoms with Crippen LogP contribution in [0.2, 0.25) is 0 Å². The van der Waals surface area contributed by atoms with Crippen LogP contribution in [0.4, 0.5) is 19.3 Å². The molecule has 0 bridgehead atoms. The van der Waals surface area contributed by atoms with Gasteiger partial charge in [-0.1, -0.05) is 18.2 Å². The lowest BCUT2D eigenvalue weighted by atomic mass is 10.1. The summed E-state index contributed by atoms with van der Waals surface area (Å²) in [5, 5.41) is 7.05. The average molecular weight is 398 g/mol. The summed E-state index contributed by atoms with van der Waals surface area (Å²) in [4.78, 5) is 14.2. The summed E-state index contributed by atoms with van der Waals surface area (Å²) in [6.07, 6.45) is 0.628. The number of hydrogen-bond acceptors (Lipinski definition) is 3. The third kappa shape index (κ3) is 4.06. The molecule has 1 aliphatic rings. The number of aryl methyl sites for hydroxylation is 1. The third-order valence-electron chi connectivity index (χ3n) is 4.90. The second-order valence-corrected chi connectivity index (χ2v) is 6.82. The van der Waals surface area contributed by atoms with E-state index in [-0.39, 0.29) is 12.3 Å². The van der Waals surface area contributed by atoms with Crippen LogP contribution in [0.15, 0.2) is 48.5 Å². The van der Waals surface area contributed by atoms with Gasteiger partial charge < -0.3 is 15.0 Å². The second-order valence-electron chi connectivity index (χ2n) is 6.82. The Hall–Kier alpha value is -3.42. The molecule has 0 spiro atoms. The van der Waals surface area contributed by atoms with Crippen molar-refractivity contribution in [3.05, 3.63) is 77.1 Å². The van der Waals surface area contributed by atoms with E-state index in [1.807, 2.05) is 42.1 Å². The summed E-state index contributed by atoms with van der Waals surface area (Å²) in [5.41, 5.74) is 2.69. The van der Waals surface area contributed by atoms with Gasteiger partial charge in [-0.2, -0.15) is 5.10 Å². The van der Waals surface area contributed by atoms with Gasteiger partial charge in [-0.05, 0) is 24.3 Å². The molecule has 0 saturated carbocycles. The molecule has 0 atom stereocenters. The van der Waals surface area contributed by atoms with Crippen molar-refractivity contribution >= 4 is 11.7 Å². The predicted octanol–water partition coefficient (Wildman–Crippen LogP) is 3.87. The SMILES string of the molecule is Cn1nc(COc2ccccc2)c2c1CCN(C(=O)Nc1ccc(F)cc1F)C2. The van der Waals surface area contributed by atoms with Gasteiger partial charge in [0.2, 0.25) is 0 Å². The average Bonchev–Trinajstić information content (AvgIpc) is 3.04. The van der Waals surface area contributed by atoms with Crippen LogP contribution < -0.4 is 10.1 Å². The number of amides is 2. The van der Waals surface area contributed by atoms with E-state index >= 15 is 0 Å². The molecule has 6 nitrogen and oxygen atoms in total. The Morgan fingerprint density at radius 2 is 2.00 bits per heavy atom. The van der Waals surface area contributed by atoms with Crippen LogP contribution in [0, 0.1) is 11.6 Å². The number of carbonyl (C=O) groups is 1. The first-order valence-electron chi connectivity index (χ1n) is 9.23. The Morgan fingerprint density at radius 1 is 1.21 bits per heavy atom. The minimum absolute atomic E-state index is 0.0546. The summed E-state index contributed by atoms with van der Waals surface area (Å²) < 4.78 is 34.5. The van der Waals surface area contributed by atoms with E-state index in [0.29, 0.717) is 19.5 Å². The van der Waals surface area contributed by atoms with Crippen molar-refractivity contribution in [1.82, 2.24) is 14.7 Å². The number of aromatic nitrogens is 2. The maximum Gasteiger partial charge on any atom is 0.322 e. The van der Waals surface area contributed by atoms with E-state index in [9.17, 15) is 13.6 Å². The number of carbonyl (C=O) groups excluding carboxylic acids is 1. The number of fused-ring (bicyclic) bond motifs is 1. The molecule has 0 unspecified atom stereocenters. The summed E-state index contributed by atoms with van der Waals surface area (Å²) in [5.74, 6) is -0.764. The van der Waals surface area contributed by atoms with E-state index in [1.54, 1.807) is 4.90 Å². The molecule has 2 aromatic carbocycles. The molecule has 4 rings (SSSR count). The molecular formula is C21H20F2N4O2. The minimum atomic E-state index is -0.811. The molecule has 8 heteroatoms. The van der Waals surface area contributed by atoms with Gasteiger partial charge in [-0.15, -0.1) is 0 Å². The normalized spacial score (nSPS) is 13.1. The monoisotopic (exact) mass is 398 g/mol. The highest BCUT2D eigenvalue weighted by molar-refractivity contribution is 5.89. The predicted molar refractivity (Wildman–Crippen MR) is 103 cm³/mol. The maximum atomic E-state index is 13.8. The standard InChI is InChI=1S/C21H20F2N4O2/c1-26-20-9-10-27(21(28)24-18-8-7-14(22)11-17(18)23)12-16(20)19(25-26)13-29-15-5-3-2-4-6-15/h2-8,11H,9-10,12-13H2,1H3,(H,24,28).